The number of rotatable bonds is 2. The summed E-state index contributed by atoms with van der Waals surface area (Å²) in [5, 5.41) is 21.0. The minimum absolute atomic E-state index is 0.160. The van der Waals surface area contributed by atoms with Crippen LogP contribution >= 0.6 is 0 Å². The molecule has 3 rings (SSSR count). The fraction of sp³-hybridized carbons (Fsp3) is 0.562. The van der Waals surface area contributed by atoms with Crippen molar-refractivity contribution in [3.05, 3.63) is 29.8 Å². The maximum Gasteiger partial charge on any atom is 0.124 e. The SMILES string of the molecule is CC1(C(C)(O)C2(C#N)CCOc3ccccc32)CC1. The molecule has 0 radical (unpaired) electrons. The van der Waals surface area contributed by atoms with Crippen molar-refractivity contribution in [1.29, 1.82) is 5.26 Å². The van der Waals surface area contributed by atoms with Crippen molar-refractivity contribution >= 4 is 0 Å². The van der Waals surface area contributed by atoms with Crippen molar-refractivity contribution in [2.24, 2.45) is 5.41 Å². The normalized spacial score (nSPS) is 30.4. The maximum atomic E-state index is 11.2. The molecule has 3 nitrogen and oxygen atoms in total. The molecule has 0 saturated heterocycles. The second-order valence-corrected chi connectivity index (χ2v) is 6.24. The van der Waals surface area contributed by atoms with Crippen LogP contribution in [0.3, 0.4) is 0 Å². The van der Waals surface area contributed by atoms with Crippen molar-refractivity contribution < 1.29 is 9.84 Å². The number of para-hydroxylation sites is 1. The number of hydrogen-bond donors (Lipinski definition) is 1. The zero-order valence-corrected chi connectivity index (χ0v) is 11.4. The third kappa shape index (κ3) is 1.47. The number of aliphatic hydroxyl groups is 1. The second kappa shape index (κ2) is 3.74. The lowest BCUT2D eigenvalue weighted by Gasteiger charge is -2.47. The Hall–Kier alpha value is -1.53. The van der Waals surface area contributed by atoms with Gasteiger partial charge in [-0.3, -0.25) is 0 Å². The smallest absolute Gasteiger partial charge is 0.124 e. The summed E-state index contributed by atoms with van der Waals surface area (Å²) < 4.78 is 5.65. The monoisotopic (exact) mass is 257 g/mol. The average Bonchev–Trinajstić information content (AvgIpc) is 3.17. The number of nitrogens with zero attached hydrogens (tertiary/aromatic N) is 1. The van der Waals surface area contributed by atoms with Gasteiger partial charge in [0.1, 0.15) is 11.2 Å². The highest BCUT2D eigenvalue weighted by atomic mass is 16.5. The Labute approximate surface area is 113 Å². The van der Waals surface area contributed by atoms with E-state index in [-0.39, 0.29) is 5.41 Å². The van der Waals surface area contributed by atoms with Gasteiger partial charge in [0.15, 0.2) is 0 Å². The van der Waals surface area contributed by atoms with Gasteiger partial charge in [-0.1, -0.05) is 25.1 Å². The molecule has 1 N–H and O–H groups in total. The molecule has 1 aromatic rings. The second-order valence-electron chi connectivity index (χ2n) is 6.24. The lowest BCUT2D eigenvalue weighted by molar-refractivity contribution is -0.0705. The average molecular weight is 257 g/mol. The molecule has 2 unspecified atom stereocenters. The van der Waals surface area contributed by atoms with Crippen LogP contribution in [0.2, 0.25) is 0 Å². The number of benzene rings is 1. The highest BCUT2D eigenvalue weighted by Crippen LogP contribution is 2.62. The molecule has 1 fully saturated rings. The van der Waals surface area contributed by atoms with E-state index in [4.69, 9.17) is 4.74 Å². The Morgan fingerprint density at radius 2 is 2.00 bits per heavy atom. The van der Waals surface area contributed by atoms with Crippen LogP contribution < -0.4 is 4.74 Å². The molecule has 1 aliphatic heterocycles. The Bertz CT molecular complexity index is 554. The summed E-state index contributed by atoms with van der Waals surface area (Å²) in [6.45, 7) is 4.38. The zero-order valence-electron chi connectivity index (χ0n) is 11.4. The van der Waals surface area contributed by atoms with Gasteiger partial charge in [0.05, 0.1) is 18.3 Å². The maximum absolute atomic E-state index is 11.2. The van der Waals surface area contributed by atoms with E-state index >= 15 is 0 Å². The molecule has 1 aromatic carbocycles. The van der Waals surface area contributed by atoms with Gasteiger partial charge < -0.3 is 9.84 Å². The first-order valence-corrected chi connectivity index (χ1v) is 6.83. The van der Waals surface area contributed by atoms with Crippen LogP contribution in [0.1, 0.15) is 38.7 Å². The molecule has 1 heterocycles. The topological polar surface area (TPSA) is 53.2 Å². The molecular weight excluding hydrogens is 238 g/mol. The number of fused-ring (bicyclic) bond motifs is 1. The van der Waals surface area contributed by atoms with Crippen molar-refractivity contribution in [2.45, 2.75) is 44.1 Å². The fourth-order valence-electron chi connectivity index (χ4n) is 3.31. The fourth-order valence-corrected chi connectivity index (χ4v) is 3.31. The lowest BCUT2D eigenvalue weighted by Crippen LogP contribution is -2.56. The van der Waals surface area contributed by atoms with Crippen molar-refractivity contribution in [1.82, 2.24) is 0 Å². The Morgan fingerprint density at radius 1 is 1.32 bits per heavy atom. The lowest BCUT2D eigenvalue weighted by atomic mass is 9.60. The van der Waals surface area contributed by atoms with Crippen molar-refractivity contribution in [3.8, 4) is 11.8 Å². The summed E-state index contributed by atoms with van der Waals surface area (Å²) in [6, 6.07) is 10.0. The predicted molar refractivity (Wildman–Crippen MR) is 71.8 cm³/mol. The van der Waals surface area contributed by atoms with Crippen LogP contribution in [0.25, 0.3) is 0 Å². The number of nitriles is 1. The molecule has 3 heteroatoms. The summed E-state index contributed by atoms with van der Waals surface area (Å²) in [7, 11) is 0. The molecule has 100 valence electrons. The summed E-state index contributed by atoms with van der Waals surface area (Å²) in [5.74, 6) is 0.736. The molecular formula is C16H19NO2. The first-order chi connectivity index (χ1) is 8.97. The van der Waals surface area contributed by atoms with Crippen molar-refractivity contribution in [2.75, 3.05) is 6.61 Å². The Kier molecular flexibility index (Phi) is 2.46. The van der Waals surface area contributed by atoms with Crippen LogP contribution in [0, 0.1) is 16.7 Å². The van der Waals surface area contributed by atoms with Crippen molar-refractivity contribution in [3.63, 3.8) is 0 Å². The molecule has 0 spiro atoms. The van der Waals surface area contributed by atoms with Crippen LogP contribution in [0.5, 0.6) is 5.75 Å². The minimum Gasteiger partial charge on any atom is -0.493 e. The van der Waals surface area contributed by atoms with E-state index in [0.29, 0.717) is 13.0 Å². The molecule has 0 aromatic heterocycles. The summed E-state index contributed by atoms with van der Waals surface area (Å²) in [6.07, 6.45) is 2.50. The van der Waals surface area contributed by atoms with E-state index in [2.05, 4.69) is 13.0 Å². The molecule has 1 saturated carbocycles. The van der Waals surface area contributed by atoms with Gasteiger partial charge in [-0.2, -0.15) is 5.26 Å². The molecule has 19 heavy (non-hydrogen) atoms. The highest BCUT2D eigenvalue weighted by Gasteiger charge is 2.64. The number of hydrogen-bond acceptors (Lipinski definition) is 3. The van der Waals surface area contributed by atoms with E-state index in [1.54, 1.807) is 0 Å². The van der Waals surface area contributed by atoms with Gasteiger partial charge in [-0.25, -0.2) is 0 Å². The highest BCUT2D eigenvalue weighted by molar-refractivity contribution is 5.49. The van der Waals surface area contributed by atoms with Crippen LogP contribution in [-0.2, 0) is 5.41 Å². The summed E-state index contributed by atoms with van der Waals surface area (Å²) in [5.41, 5.74) is -1.23. The van der Waals surface area contributed by atoms with Gasteiger partial charge in [0.2, 0.25) is 0 Å². The van der Waals surface area contributed by atoms with E-state index < -0.39 is 11.0 Å². The van der Waals surface area contributed by atoms with E-state index in [1.807, 2.05) is 31.2 Å². The van der Waals surface area contributed by atoms with E-state index in [9.17, 15) is 10.4 Å². The first kappa shape index (κ1) is 12.5. The molecule has 0 amide bonds. The predicted octanol–water partition coefficient (Wildman–Crippen LogP) is 2.78. The molecule has 2 atom stereocenters. The third-order valence-electron chi connectivity index (χ3n) is 5.28. The quantitative estimate of drug-likeness (QED) is 0.886. The van der Waals surface area contributed by atoms with Gasteiger partial charge in [-0.05, 0) is 31.2 Å². The minimum atomic E-state index is -1.03. The largest absolute Gasteiger partial charge is 0.493 e. The van der Waals surface area contributed by atoms with Crippen LogP contribution in [0.4, 0.5) is 0 Å². The Balaban J connectivity index is 2.19. The standard InChI is InChI=1S/C16H19NO2/c1-14(7-8-14)15(2,18)16(11-17)9-10-19-13-6-4-3-5-12(13)16/h3-6,18H,7-10H2,1-2H3. The first-order valence-electron chi connectivity index (χ1n) is 6.83. The van der Waals surface area contributed by atoms with Crippen LogP contribution in [0.15, 0.2) is 24.3 Å². The van der Waals surface area contributed by atoms with Gasteiger partial charge in [0.25, 0.3) is 0 Å². The van der Waals surface area contributed by atoms with Gasteiger partial charge >= 0.3 is 0 Å². The van der Waals surface area contributed by atoms with E-state index in [1.165, 1.54) is 0 Å². The van der Waals surface area contributed by atoms with Crippen LogP contribution in [-0.4, -0.2) is 17.3 Å². The molecule has 1 aliphatic carbocycles. The van der Waals surface area contributed by atoms with Gasteiger partial charge in [0, 0.05) is 12.0 Å². The third-order valence-corrected chi connectivity index (χ3v) is 5.28. The van der Waals surface area contributed by atoms with E-state index in [0.717, 1.165) is 24.2 Å². The summed E-state index contributed by atoms with van der Waals surface area (Å²) >= 11 is 0. The molecule has 0 bridgehead atoms. The Morgan fingerprint density at radius 3 is 2.63 bits per heavy atom. The van der Waals surface area contributed by atoms with Gasteiger partial charge in [-0.15, -0.1) is 0 Å². The number of ether oxygens (including phenoxy) is 1. The zero-order chi connectivity index (χ0) is 13.7. The summed E-state index contributed by atoms with van der Waals surface area (Å²) in [4.78, 5) is 0. The molecule has 2 aliphatic rings.